The molecule has 1 aromatic rings. The molecule has 1 rings (SSSR count). The van der Waals surface area contributed by atoms with Crippen molar-refractivity contribution in [3.63, 3.8) is 0 Å². The van der Waals surface area contributed by atoms with Crippen LogP contribution in [-0.4, -0.2) is 51.7 Å². The van der Waals surface area contributed by atoms with Crippen LogP contribution in [0.25, 0.3) is 0 Å². The van der Waals surface area contributed by atoms with Gasteiger partial charge in [-0.3, -0.25) is 0 Å². The Morgan fingerprint density at radius 1 is 0.718 bits per heavy atom. The Morgan fingerprint density at radius 2 is 1.26 bits per heavy atom. The van der Waals surface area contributed by atoms with Gasteiger partial charge in [0.05, 0.1) is 26.3 Å². The Morgan fingerprint density at radius 3 is 1.79 bits per heavy atom. The van der Waals surface area contributed by atoms with E-state index in [4.69, 9.17) is 9.47 Å². The summed E-state index contributed by atoms with van der Waals surface area (Å²) in [6.07, 6.45) is 24.1. The predicted molar refractivity (Wildman–Crippen MR) is 156 cm³/mol. The minimum Gasteiger partial charge on any atom is -0.453 e. The SMILES string of the molecule is CCCCCCCCCCCCCCCCCCOC[C@@H](COC(=O)NCC[n+]1ccccc1)NC(=O)OC. The van der Waals surface area contributed by atoms with Gasteiger partial charge in [0.2, 0.25) is 0 Å². The molecule has 0 bridgehead atoms. The number of methoxy groups -OCH3 is 1. The van der Waals surface area contributed by atoms with Gasteiger partial charge in [-0.05, 0) is 6.42 Å². The lowest BCUT2D eigenvalue weighted by Gasteiger charge is -2.18. The number of carbonyl (C=O) groups is 2. The monoisotopic (exact) mass is 550 g/mol. The van der Waals surface area contributed by atoms with Crippen LogP contribution in [0.3, 0.4) is 0 Å². The van der Waals surface area contributed by atoms with E-state index in [0.29, 0.717) is 19.7 Å². The van der Waals surface area contributed by atoms with Crippen LogP contribution in [0.1, 0.15) is 110 Å². The average Bonchev–Trinajstić information content (AvgIpc) is 2.95. The van der Waals surface area contributed by atoms with Gasteiger partial charge < -0.3 is 24.8 Å². The van der Waals surface area contributed by atoms with Crippen molar-refractivity contribution in [3.05, 3.63) is 30.6 Å². The molecular weight excluding hydrogens is 494 g/mol. The van der Waals surface area contributed by atoms with Gasteiger partial charge in [-0.25, -0.2) is 14.2 Å². The first-order valence-electron chi connectivity index (χ1n) is 15.4. The zero-order chi connectivity index (χ0) is 28.2. The summed E-state index contributed by atoms with van der Waals surface area (Å²) < 4.78 is 17.7. The molecule has 0 fully saturated rings. The number of hydrogen-bond donors (Lipinski definition) is 2. The summed E-state index contributed by atoms with van der Waals surface area (Å²) in [7, 11) is 1.30. The number of ether oxygens (including phenoxy) is 3. The van der Waals surface area contributed by atoms with Crippen LogP contribution < -0.4 is 15.2 Å². The van der Waals surface area contributed by atoms with E-state index in [0.717, 1.165) is 12.8 Å². The van der Waals surface area contributed by atoms with Gasteiger partial charge in [0, 0.05) is 18.7 Å². The number of carbonyl (C=O) groups excluding carboxylic acids is 2. The van der Waals surface area contributed by atoms with E-state index in [2.05, 4.69) is 22.3 Å². The highest BCUT2D eigenvalue weighted by atomic mass is 16.6. The van der Waals surface area contributed by atoms with Crippen molar-refractivity contribution in [2.24, 2.45) is 0 Å². The molecule has 0 aromatic carbocycles. The summed E-state index contributed by atoms with van der Waals surface area (Å²) in [4.78, 5) is 23.6. The fraction of sp³-hybridized carbons (Fsp3) is 0.774. The fourth-order valence-corrected chi connectivity index (χ4v) is 4.43. The highest BCUT2D eigenvalue weighted by Gasteiger charge is 2.16. The number of alkyl carbamates (subject to hydrolysis) is 2. The van der Waals surface area contributed by atoms with Crippen molar-refractivity contribution in [3.8, 4) is 0 Å². The van der Waals surface area contributed by atoms with Crippen LogP contribution in [0.2, 0.25) is 0 Å². The minimum atomic E-state index is -0.574. The van der Waals surface area contributed by atoms with Gasteiger partial charge in [-0.2, -0.15) is 0 Å². The third-order valence-electron chi connectivity index (χ3n) is 6.80. The highest BCUT2D eigenvalue weighted by molar-refractivity contribution is 5.68. The molecule has 8 heteroatoms. The lowest BCUT2D eigenvalue weighted by Crippen LogP contribution is -2.44. The second-order valence-electron chi connectivity index (χ2n) is 10.3. The molecule has 0 unspecified atom stereocenters. The van der Waals surface area contributed by atoms with Gasteiger partial charge in [0.25, 0.3) is 0 Å². The van der Waals surface area contributed by atoms with Gasteiger partial charge in [-0.15, -0.1) is 0 Å². The maximum atomic E-state index is 12.0. The van der Waals surface area contributed by atoms with E-state index >= 15 is 0 Å². The molecule has 0 radical (unpaired) electrons. The van der Waals surface area contributed by atoms with E-state index in [1.54, 1.807) is 0 Å². The molecule has 1 heterocycles. The molecule has 2 amide bonds. The zero-order valence-corrected chi connectivity index (χ0v) is 24.8. The van der Waals surface area contributed by atoms with Gasteiger partial charge in [0.15, 0.2) is 18.9 Å². The number of aromatic nitrogens is 1. The maximum absolute atomic E-state index is 12.0. The van der Waals surface area contributed by atoms with Gasteiger partial charge >= 0.3 is 12.2 Å². The van der Waals surface area contributed by atoms with Crippen LogP contribution in [-0.2, 0) is 20.8 Å². The Balaban J connectivity index is 1.99. The van der Waals surface area contributed by atoms with E-state index in [9.17, 15) is 9.59 Å². The standard InChI is InChI=1S/C31H55N3O5/c1-3-4-5-6-7-8-9-10-11-12-13-14-15-16-17-21-26-38-27-29(33-31(36)37-2)28-39-30(35)32-22-25-34-23-19-18-20-24-34/h18-20,23-24,29H,3-17,21-22,25-28H2,1-2H3,(H-,32,33,35,36)/p+1/t29-/m0/s1. The highest BCUT2D eigenvalue weighted by Crippen LogP contribution is 2.13. The Bertz CT molecular complexity index is 705. The lowest BCUT2D eigenvalue weighted by molar-refractivity contribution is -0.694. The van der Waals surface area contributed by atoms with Crippen LogP contribution >= 0.6 is 0 Å². The van der Waals surface area contributed by atoms with E-state index < -0.39 is 18.2 Å². The molecule has 0 saturated heterocycles. The molecule has 0 aliphatic rings. The summed E-state index contributed by atoms with van der Waals surface area (Å²) in [5.41, 5.74) is 0. The Labute approximate surface area is 237 Å². The number of nitrogens with one attached hydrogen (secondary N) is 2. The van der Waals surface area contributed by atoms with Crippen molar-refractivity contribution >= 4 is 12.2 Å². The molecule has 39 heavy (non-hydrogen) atoms. The molecule has 0 spiro atoms. The van der Waals surface area contributed by atoms with Crippen molar-refractivity contribution < 1.29 is 28.4 Å². The fourth-order valence-electron chi connectivity index (χ4n) is 4.43. The number of amides is 2. The zero-order valence-electron chi connectivity index (χ0n) is 24.8. The number of hydrogen-bond acceptors (Lipinski definition) is 5. The van der Waals surface area contributed by atoms with Gasteiger partial charge in [0.1, 0.15) is 6.61 Å². The summed E-state index contributed by atoms with van der Waals surface area (Å²) >= 11 is 0. The van der Waals surface area contributed by atoms with Crippen LogP contribution in [0.4, 0.5) is 9.59 Å². The second kappa shape index (κ2) is 25.9. The Hall–Kier alpha value is -2.35. The van der Waals surface area contributed by atoms with Gasteiger partial charge in [-0.1, -0.05) is 109 Å². The van der Waals surface area contributed by atoms with Crippen molar-refractivity contribution in [1.82, 2.24) is 10.6 Å². The first-order valence-corrected chi connectivity index (χ1v) is 15.4. The summed E-state index contributed by atoms with van der Waals surface area (Å²) in [6, 6.07) is 5.34. The van der Waals surface area contributed by atoms with Crippen LogP contribution in [0.15, 0.2) is 30.6 Å². The molecule has 1 atom stereocenters. The quantitative estimate of drug-likeness (QED) is 0.104. The van der Waals surface area contributed by atoms with Crippen molar-refractivity contribution in [2.75, 3.05) is 33.5 Å². The largest absolute Gasteiger partial charge is 0.453 e. The summed E-state index contributed by atoms with van der Waals surface area (Å²) in [6.45, 7) is 4.26. The van der Waals surface area contributed by atoms with Crippen LogP contribution in [0, 0.1) is 0 Å². The maximum Gasteiger partial charge on any atom is 0.407 e. The predicted octanol–water partition coefficient (Wildman–Crippen LogP) is 6.70. The summed E-state index contributed by atoms with van der Waals surface area (Å²) in [5.74, 6) is 0. The third-order valence-corrected chi connectivity index (χ3v) is 6.80. The lowest BCUT2D eigenvalue weighted by atomic mass is 10.0. The van der Waals surface area contributed by atoms with E-state index in [-0.39, 0.29) is 13.2 Å². The normalized spacial score (nSPS) is 11.6. The van der Waals surface area contributed by atoms with Crippen molar-refractivity contribution in [2.45, 2.75) is 122 Å². The number of rotatable bonds is 25. The number of nitrogens with zero attached hydrogens (tertiary/aromatic N) is 1. The van der Waals surface area contributed by atoms with E-state index in [1.807, 2.05) is 35.2 Å². The number of unbranched alkanes of at least 4 members (excludes halogenated alkanes) is 15. The molecule has 8 nitrogen and oxygen atoms in total. The third kappa shape index (κ3) is 22.2. The summed E-state index contributed by atoms with van der Waals surface area (Å²) in [5, 5.41) is 5.38. The molecule has 2 N–H and O–H groups in total. The molecule has 224 valence electrons. The first kappa shape index (κ1) is 34.7. The van der Waals surface area contributed by atoms with E-state index in [1.165, 1.54) is 97.0 Å². The van der Waals surface area contributed by atoms with Crippen molar-refractivity contribution in [1.29, 1.82) is 0 Å². The number of pyridine rings is 1. The average molecular weight is 551 g/mol. The Kier molecular flexibility index (Phi) is 23.0. The first-order chi connectivity index (χ1) is 19.2. The second-order valence-corrected chi connectivity index (χ2v) is 10.3. The molecule has 1 aromatic heterocycles. The molecule has 0 aliphatic carbocycles. The van der Waals surface area contributed by atoms with Crippen LogP contribution in [0.5, 0.6) is 0 Å². The molecule has 0 saturated carbocycles. The topological polar surface area (TPSA) is 89.8 Å². The molecular formula is C31H56N3O5+. The minimum absolute atomic E-state index is 0.0123. The smallest absolute Gasteiger partial charge is 0.407 e. The molecule has 0 aliphatic heterocycles.